The van der Waals surface area contributed by atoms with Gasteiger partial charge in [-0.3, -0.25) is 0 Å². The van der Waals surface area contributed by atoms with Crippen LogP contribution in [0.5, 0.6) is 0 Å². The zero-order valence-corrected chi connectivity index (χ0v) is 14.4. The highest BCUT2D eigenvalue weighted by Crippen LogP contribution is 2.39. The third-order valence-electron chi connectivity index (χ3n) is 3.93. The minimum Gasteiger partial charge on any atom is -0.463 e. The monoisotopic (exact) mass is 362 g/mol. The molecule has 0 aliphatic heterocycles. The summed E-state index contributed by atoms with van der Waals surface area (Å²) in [4.78, 5) is 13.2. The predicted molar refractivity (Wildman–Crippen MR) is 103 cm³/mol. The van der Waals surface area contributed by atoms with E-state index in [0.29, 0.717) is 41.8 Å². The molecule has 136 valence electrons. The van der Waals surface area contributed by atoms with E-state index in [1.54, 1.807) is 30.9 Å². The Morgan fingerprint density at radius 2 is 1.63 bits per heavy atom. The first-order chi connectivity index (χ1) is 13.3. The summed E-state index contributed by atoms with van der Waals surface area (Å²) in [5, 5.41) is 3.18. The normalized spacial score (nSPS) is 10.9. The van der Waals surface area contributed by atoms with Crippen LogP contribution in [0.1, 0.15) is 0 Å². The van der Waals surface area contributed by atoms with E-state index >= 15 is 0 Å². The van der Waals surface area contributed by atoms with Crippen molar-refractivity contribution < 1.29 is 8.83 Å². The number of hydrogen-bond donors (Lipinski definition) is 3. The van der Waals surface area contributed by atoms with Gasteiger partial charge in [0, 0.05) is 24.8 Å². The number of hydrogen-bond acceptors (Lipinski definition) is 8. The van der Waals surface area contributed by atoms with E-state index in [0.717, 1.165) is 11.1 Å². The second-order valence-corrected chi connectivity index (χ2v) is 5.75. The summed E-state index contributed by atoms with van der Waals surface area (Å²) < 4.78 is 11.2. The van der Waals surface area contributed by atoms with Gasteiger partial charge in [0.15, 0.2) is 11.5 Å². The van der Waals surface area contributed by atoms with Crippen molar-refractivity contribution in [3.63, 3.8) is 0 Å². The van der Waals surface area contributed by atoms with E-state index in [1.165, 1.54) is 0 Å². The number of furan rings is 2. The molecule has 0 radical (unpaired) electrons. The van der Waals surface area contributed by atoms with Crippen molar-refractivity contribution in [1.29, 1.82) is 0 Å². The van der Waals surface area contributed by atoms with Crippen molar-refractivity contribution in [3.05, 3.63) is 55.1 Å². The zero-order chi connectivity index (χ0) is 18.6. The molecular weight excluding hydrogens is 344 g/mol. The Hall–Kier alpha value is -3.65. The van der Waals surface area contributed by atoms with Gasteiger partial charge >= 0.3 is 0 Å². The summed E-state index contributed by atoms with van der Waals surface area (Å²) >= 11 is 0. The number of nitrogens with one attached hydrogen (secondary N) is 1. The number of nitrogens with two attached hydrogens (primary N) is 2. The molecule has 0 unspecified atom stereocenters. The minimum atomic E-state index is 0.132. The number of anilines is 2. The van der Waals surface area contributed by atoms with Gasteiger partial charge in [-0.25, -0.2) is 15.0 Å². The lowest BCUT2D eigenvalue weighted by molar-refractivity contribution is 0.577. The number of pyridine rings is 1. The van der Waals surface area contributed by atoms with E-state index in [-0.39, 0.29) is 5.95 Å². The second kappa shape index (κ2) is 7.30. The summed E-state index contributed by atoms with van der Waals surface area (Å²) in [6, 6.07) is 11.0. The molecule has 4 aromatic heterocycles. The lowest BCUT2D eigenvalue weighted by Crippen LogP contribution is -2.13. The van der Waals surface area contributed by atoms with E-state index in [2.05, 4.69) is 20.3 Å². The third-order valence-corrected chi connectivity index (χ3v) is 3.93. The lowest BCUT2D eigenvalue weighted by Gasteiger charge is -2.13. The maximum Gasteiger partial charge on any atom is 0.221 e. The van der Waals surface area contributed by atoms with Crippen LogP contribution >= 0.6 is 0 Å². The van der Waals surface area contributed by atoms with Crippen LogP contribution in [-0.4, -0.2) is 28.0 Å². The highest BCUT2D eigenvalue weighted by molar-refractivity contribution is 5.89. The fourth-order valence-corrected chi connectivity index (χ4v) is 2.82. The van der Waals surface area contributed by atoms with Crippen LogP contribution in [0.3, 0.4) is 0 Å². The Labute approximate surface area is 155 Å². The van der Waals surface area contributed by atoms with Crippen LogP contribution in [0.25, 0.3) is 34.0 Å². The van der Waals surface area contributed by atoms with Gasteiger partial charge in [-0.1, -0.05) is 0 Å². The molecule has 0 fully saturated rings. The van der Waals surface area contributed by atoms with Gasteiger partial charge in [0.1, 0.15) is 17.2 Å². The molecule has 0 bridgehead atoms. The van der Waals surface area contributed by atoms with E-state index in [4.69, 9.17) is 20.3 Å². The average Bonchev–Trinajstić information content (AvgIpc) is 3.39. The van der Waals surface area contributed by atoms with Gasteiger partial charge in [-0.15, -0.1) is 0 Å². The predicted octanol–water partition coefficient (Wildman–Crippen LogP) is 3.01. The smallest absolute Gasteiger partial charge is 0.221 e. The standard InChI is InChI=1S/C19H18N6O2/c20-6-8-23-15-11-12(5-7-22-15)16-17(13-3-1-9-26-13)24-19(21)25-18(16)14-4-2-10-27-14/h1-5,7,9-11H,6,8,20H2,(H,22,23)(H2,21,24,25). The van der Waals surface area contributed by atoms with E-state index < -0.39 is 0 Å². The molecule has 0 aliphatic rings. The van der Waals surface area contributed by atoms with Crippen LogP contribution in [0.15, 0.2) is 64.0 Å². The number of nitrogens with zero attached hydrogens (tertiary/aromatic N) is 3. The van der Waals surface area contributed by atoms with Gasteiger partial charge in [0.2, 0.25) is 5.95 Å². The second-order valence-electron chi connectivity index (χ2n) is 5.75. The average molecular weight is 362 g/mol. The molecule has 0 saturated heterocycles. The topological polar surface area (TPSA) is 129 Å². The summed E-state index contributed by atoms with van der Waals surface area (Å²) in [5.74, 6) is 2.00. The Kier molecular flexibility index (Phi) is 4.54. The van der Waals surface area contributed by atoms with E-state index in [9.17, 15) is 0 Å². The zero-order valence-electron chi connectivity index (χ0n) is 14.4. The largest absolute Gasteiger partial charge is 0.463 e. The van der Waals surface area contributed by atoms with Gasteiger partial charge in [0.25, 0.3) is 0 Å². The fourth-order valence-electron chi connectivity index (χ4n) is 2.82. The number of aromatic nitrogens is 3. The van der Waals surface area contributed by atoms with Crippen molar-refractivity contribution >= 4 is 11.8 Å². The quantitative estimate of drug-likeness (QED) is 0.477. The van der Waals surface area contributed by atoms with Crippen molar-refractivity contribution in [2.24, 2.45) is 5.73 Å². The van der Waals surface area contributed by atoms with Crippen molar-refractivity contribution in [2.75, 3.05) is 24.1 Å². The highest BCUT2D eigenvalue weighted by Gasteiger charge is 2.21. The van der Waals surface area contributed by atoms with Crippen molar-refractivity contribution in [2.45, 2.75) is 0 Å². The van der Waals surface area contributed by atoms with Crippen LogP contribution in [0.2, 0.25) is 0 Å². The molecule has 0 aliphatic carbocycles. The molecule has 0 aromatic carbocycles. The molecule has 4 rings (SSSR count). The summed E-state index contributed by atoms with van der Waals surface area (Å²) in [5.41, 5.74) is 14.3. The molecule has 4 heterocycles. The summed E-state index contributed by atoms with van der Waals surface area (Å²) in [6.07, 6.45) is 4.89. The highest BCUT2D eigenvalue weighted by atomic mass is 16.3. The molecule has 8 nitrogen and oxygen atoms in total. The van der Waals surface area contributed by atoms with Crippen molar-refractivity contribution in [3.8, 4) is 34.0 Å². The molecule has 27 heavy (non-hydrogen) atoms. The van der Waals surface area contributed by atoms with Gasteiger partial charge in [0.05, 0.1) is 12.5 Å². The Morgan fingerprint density at radius 3 is 2.19 bits per heavy atom. The maximum atomic E-state index is 5.97. The molecule has 0 amide bonds. The van der Waals surface area contributed by atoms with Gasteiger partial charge in [-0.05, 0) is 42.0 Å². The first-order valence-corrected chi connectivity index (χ1v) is 8.42. The van der Waals surface area contributed by atoms with Gasteiger partial charge < -0.3 is 25.6 Å². The lowest BCUT2D eigenvalue weighted by atomic mass is 10.00. The Bertz CT molecular complexity index is 973. The molecule has 5 N–H and O–H groups in total. The van der Waals surface area contributed by atoms with E-state index in [1.807, 2.05) is 24.3 Å². The maximum absolute atomic E-state index is 5.97. The molecule has 8 heteroatoms. The molecule has 4 aromatic rings. The SMILES string of the molecule is NCCNc1cc(-c2c(-c3ccco3)nc(N)nc2-c2ccco2)ccn1. The third kappa shape index (κ3) is 3.38. The molecule has 0 saturated carbocycles. The fraction of sp³-hybridized carbons (Fsp3) is 0.105. The first-order valence-electron chi connectivity index (χ1n) is 8.42. The Morgan fingerprint density at radius 1 is 0.963 bits per heavy atom. The summed E-state index contributed by atoms with van der Waals surface area (Å²) in [7, 11) is 0. The van der Waals surface area contributed by atoms with Crippen LogP contribution in [0, 0.1) is 0 Å². The molecule has 0 spiro atoms. The van der Waals surface area contributed by atoms with Crippen LogP contribution in [0.4, 0.5) is 11.8 Å². The summed E-state index contributed by atoms with van der Waals surface area (Å²) in [6.45, 7) is 1.12. The van der Waals surface area contributed by atoms with Crippen molar-refractivity contribution in [1.82, 2.24) is 15.0 Å². The molecular formula is C19H18N6O2. The van der Waals surface area contributed by atoms with Gasteiger partial charge in [-0.2, -0.15) is 0 Å². The number of rotatable bonds is 6. The molecule has 0 atom stereocenters. The number of nitrogen functional groups attached to an aromatic ring is 1. The first kappa shape index (κ1) is 16.8. The minimum absolute atomic E-state index is 0.132. The Balaban J connectivity index is 1.95. The van der Waals surface area contributed by atoms with Crippen LogP contribution in [-0.2, 0) is 0 Å². The van der Waals surface area contributed by atoms with Crippen LogP contribution < -0.4 is 16.8 Å².